The van der Waals surface area contributed by atoms with Crippen molar-refractivity contribution in [1.82, 2.24) is 4.90 Å². The first kappa shape index (κ1) is 22.1. The topological polar surface area (TPSA) is 40.5 Å². The minimum atomic E-state index is -4.45. The van der Waals surface area contributed by atoms with Gasteiger partial charge in [-0.1, -0.05) is 36.1 Å². The van der Waals surface area contributed by atoms with Crippen molar-refractivity contribution in [2.75, 3.05) is 19.7 Å². The van der Waals surface area contributed by atoms with Gasteiger partial charge >= 0.3 is 6.18 Å². The lowest BCUT2D eigenvalue weighted by molar-refractivity contribution is -0.137. The molecule has 1 unspecified atom stereocenters. The molecule has 1 heterocycles. The number of carbonyl (C=O) groups is 1. The number of ketones is 1. The zero-order chi connectivity index (χ0) is 21.6. The van der Waals surface area contributed by atoms with Crippen LogP contribution >= 0.6 is 0 Å². The Morgan fingerprint density at radius 2 is 1.93 bits per heavy atom. The van der Waals surface area contributed by atoms with Gasteiger partial charge in [0.1, 0.15) is 0 Å². The number of rotatable bonds is 5. The number of benzene rings is 2. The van der Waals surface area contributed by atoms with Crippen molar-refractivity contribution >= 4 is 5.78 Å². The Bertz CT molecular complexity index is 926. The monoisotopic (exact) mass is 415 g/mol. The van der Waals surface area contributed by atoms with E-state index >= 15 is 0 Å². The molecule has 0 aromatic heterocycles. The maximum Gasteiger partial charge on any atom is 0.416 e. The maximum absolute atomic E-state index is 13.0. The van der Waals surface area contributed by atoms with Gasteiger partial charge in [0.15, 0.2) is 5.78 Å². The first-order valence-corrected chi connectivity index (χ1v) is 9.99. The fourth-order valence-corrected chi connectivity index (χ4v) is 3.67. The predicted molar refractivity (Wildman–Crippen MR) is 109 cm³/mol. The van der Waals surface area contributed by atoms with Crippen LogP contribution in [0.25, 0.3) is 0 Å². The smallest absolute Gasteiger partial charge is 0.395 e. The van der Waals surface area contributed by atoms with Crippen LogP contribution in [-0.2, 0) is 12.7 Å². The number of hydrogen-bond acceptors (Lipinski definition) is 3. The number of aliphatic hydroxyl groups is 1. The van der Waals surface area contributed by atoms with Crippen LogP contribution in [0.5, 0.6) is 0 Å². The molecule has 1 fully saturated rings. The van der Waals surface area contributed by atoms with E-state index in [1.165, 1.54) is 12.1 Å². The molecule has 1 atom stereocenters. The molecule has 0 aliphatic carbocycles. The minimum absolute atomic E-state index is 0.0421. The maximum atomic E-state index is 13.0. The molecule has 0 saturated carbocycles. The summed E-state index contributed by atoms with van der Waals surface area (Å²) in [5.74, 6) is 5.34. The van der Waals surface area contributed by atoms with Crippen molar-refractivity contribution < 1.29 is 23.1 Å². The van der Waals surface area contributed by atoms with Gasteiger partial charge < -0.3 is 5.11 Å². The quantitative estimate of drug-likeness (QED) is 0.576. The van der Waals surface area contributed by atoms with Gasteiger partial charge in [0, 0.05) is 36.6 Å². The number of alkyl halides is 3. The number of nitrogens with zero attached hydrogens (tertiary/aromatic N) is 1. The minimum Gasteiger partial charge on any atom is -0.395 e. The van der Waals surface area contributed by atoms with Crippen molar-refractivity contribution in [2.24, 2.45) is 5.92 Å². The van der Waals surface area contributed by atoms with Crippen LogP contribution in [0, 0.1) is 17.8 Å². The Hall–Kier alpha value is -2.62. The van der Waals surface area contributed by atoms with Crippen LogP contribution in [0.3, 0.4) is 0 Å². The van der Waals surface area contributed by atoms with Gasteiger partial charge in [0.05, 0.1) is 12.2 Å². The second-order valence-electron chi connectivity index (χ2n) is 7.49. The number of hydrogen-bond donors (Lipinski definition) is 1. The van der Waals surface area contributed by atoms with E-state index in [0.717, 1.165) is 36.2 Å². The molecule has 0 amide bonds. The molecule has 2 aromatic carbocycles. The number of likely N-dealkylation sites (tertiary alicyclic amines) is 1. The Balaban J connectivity index is 1.63. The normalized spacial score (nSPS) is 17.3. The molecule has 0 bridgehead atoms. The summed E-state index contributed by atoms with van der Waals surface area (Å²) in [7, 11) is 0. The molecule has 3 rings (SSSR count). The van der Waals surface area contributed by atoms with E-state index < -0.39 is 11.7 Å². The van der Waals surface area contributed by atoms with E-state index in [1.54, 1.807) is 0 Å². The van der Waals surface area contributed by atoms with Crippen LogP contribution in [-0.4, -0.2) is 35.5 Å². The van der Waals surface area contributed by atoms with Crippen LogP contribution in [0.4, 0.5) is 13.2 Å². The SMILES string of the molecule is O=C(c1cccc(C(F)(F)F)c1)C1CCCN(Cc2ccc(C#CCCO)cc2)C1. The lowest BCUT2D eigenvalue weighted by Crippen LogP contribution is -2.38. The highest BCUT2D eigenvalue weighted by atomic mass is 19.4. The summed E-state index contributed by atoms with van der Waals surface area (Å²) < 4.78 is 38.9. The average Bonchev–Trinajstić information content (AvgIpc) is 2.74. The van der Waals surface area contributed by atoms with Crippen molar-refractivity contribution in [3.8, 4) is 11.8 Å². The van der Waals surface area contributed by atoms with E-state index in [-0.39, 0.29) is 23.9 Å². The summed E-state index contributed by atoms with van der Waals surface area (Å²) in [6, 6.07) is 12.5. The van der Waals surface area contributed by atoms with Crippen LogP contribution in [0.2, 0.25) is 0 Å². The third kappa shape index (κ3) is 5.94. The zero-order valence-corrected chi connectivity index (χ0v) is 16.6. The van der Waals surface area contributed by atoms with Gasteiger partial charge in [-0.25, -0.2) is 0 Å². The number of piperidine rings is 1. The lowest BCUT2D eigenvalue weighted by atomic mass is 9.89. The average molecular weight is 415 g/mol. The van der Waals surface area contributed by atoms with Crippen molar-refractivity contribution in [2.45, 2.75) is 32.0 Å². The number of Topliss-reactive ketones (excluding diaryl/α,β-unsaturated/α-hetero) is 1. The molecular formula is C24H24F3NO2. The van der Waals surface area contributed by atoms with E-state index in [9.17, 15) is 18.0 Å². The van der Waals surface area contributed by atoms with Crippen molar-refractivity contribution in [3.63, 3.8) is 0 Å². The molecular weight excluding hydrogens is 391 g/mol. The molecule has 1 aliphatic heterocycles. The Labute approximate surface area is 174 Å². The van der Waals surface area contributed by atoms with Crippen LogP contribution in [0.15, 0.2) is 48.5 Å². The summed E-state index contributed by atoms with van der Waals surface area (Å²) in [6.45, 7) is 2.11. The van der Waals surface area contributed by atoms with Gasteiger partial charge in [0.25, 0.3) is 0 Å². The van der Waals surface area contributed by atoms with Crippen LogP contribution < -0.4 is 0 Å². The fourth-order valence-electron chi connectivity index (χ4n) is 3.67. The highest BCUT2D eigenvalue weighted by Crippen LogP contribution is 2.31. The molecule has 1 aliphatic rings. The van der Waals surface area contributed by atoms with Gasteiger partial charge in [0.2, 0.25) is 0 Å². The zero-order valence-electron chi connectivity index (χ0n) is 16.6. The summed E-state index contributed by atoms with van der Waals surface area (Å²) in [5, 5.41) is 8.77. The molecule has 0 spiro atoms. The Morgan fingerprint density at radius 3 is 2.63 bits per heavy atom. The number of aliphatic hydroxyl groups excluding tert-OH is 1. The van der Waals surface area contributed by atoms with E-state index in [4.69, 9.17) is 5.11 Å². The summed E-state index contributed by atoms with van der Waals surface area (Å²) >= 11 is 0. The van der Waals surface area contributed by atoms with Gasteiger partial charge in [-0.05, 0) is 49.2 Å². The lowest BCUT2D eigenvalue weighted by Gasteiger charge is -2.32. The summed E-state index contributed by atoms with van der Waals surface area (Å²) in [6.07, 6.45) is -2.49. The Morgan fingerprint density at radius 1 is 1.17 bits per heavy atom. The summed E-state index contributed by atoms with van der Waals surface area (Å²) in [5.41, 5.74) is 1.31. The van der Waals surface area contributed by atoms with Crippen molar-refractivity contribution in [1.29, 1.82) is 0 Å². The molecule has 2 aromatic rings. The molecule has 3 nitrogen and oxygen atoms in total. The van der Waals surface area contributed by atoms with Crippen molar-refractivity contribution in [3.05, 3.63) is 70.8 Å². The standard InChI is InChI=1S/C24H24F3NO2/c25-24(26,27)22-8-3-6-20(15-22)23(30)21-7-4-13-28(17-21)16-19-11-9-18(10-12-19)5-1-2-14-29/h3,6,8-12,15,21,29H,2,4,7,13-14,16-17H2. The molecule has 1 saturated heterocycles. The molecule has 6 heteroatoms. The largest absolute Gasteiger partial charge is 0.416 e. The van der Waals surface area contributed by atoms with E-state index in [0.29, 0.717) is 25.9 Å². The molecule has 30 heavy (non-hydrogen) atoms. The molecule has 158 valence electrons. The fraction of sp³-hybridized carbons (Fsp3) is 0.375. The number of carbonyl (C=O) groups excluding carboxylic acids is 1. The second-order valence-corrected chi connectivity index (χ2v) is 7.49. The highest BCUT2D eigenvalue weighted by Gasteiger charge is 2.32. The van der Waals surface area contributed by atoms with Crippen LogP contribution in [0.1, 0.15) is 46.3 Å². The third-order valence-corrected chi connectivity index (χ3v) is 5.18. The Kier molecular flexibility index (Phi) is 7.30. The summed E-state index contributed by atoms with van der Waals surface area (Å²) in [4.78, 5) is 15.0. The second kappa shape index (κ2) is 9.92. The molecule has 0 radical (unpaired) electrons. The third-order valence-electron chi connectivity index (χ3n) is 5.18. The van der Waals surface area contributed by atoms with E-state index in [1.807, 2.05) is 24.3 Å². The van der Waals surface area contributed by atoms with Gasteiger partial charge in [-0.3, -0.25) is 9.69 Å². The first-order valence-electron chi connectivity index (χ1n) is 9.99. The molecule has 1 N–H and O–H groups in total. The first-order chi connectivity index (χ1) is 14.4. The van der Waals surface area contributed by atoms with Gasteiger partial charge in [-0.2, -0.15) is 13.2 Å². The highest BCUT2D eigenvalue weighted by molar-refractivity contribution is 5.98. The predicted octanol–water partition coefficient (Wildman–Crippen LogP) is 4.53. The van der Waals surface area contributed by atoms with Gasteiger partial charge in [-0.15, -0.1) is 0 Å². The number of halogens is 3. The van der Waals surface area contributed by atoms with E-state index in [2.05, 4.69) is 16.7 Å².